The second-order valence-electron chi connectivity index (χ2n) is 2.64. The minimum absolute atomic E-state index is 0.0810. The fourth-order valence-electron chi connectivity index (χ4n) is 0.991. The Labute approximate surface area is 75.4 Å². The number of nitrogens with one attached hydrogen (secondary N) is 2. The first-order valence-corrected chi connectivity index (χ1v) is 3.75. The van der Waals surface area contributed by atoms with E-state index in [4.69, 9.17) is 16.6 Å². The zero-order chi connectivity index (χ0) is 9.84. The Morgan fingerprint density at radius 3 is 2.38 bits per heavy atom. The summed E-state index contributed by atoms with van der Waals surface area (Å²) in [6.07, 6.45) is 2.16. The van der Waals surface area contributed by atoms with Gasteiger partial charge in [-0.25, -0.2) is 4.39 Å². The van der Waals surface area contributed by atoms with Gasteiger partial charge in [0.15, 0.2) is 0 Å². The maximum atomic E-state index is 12.9. The first-order valence-electron chi connectivity index (χ1n) is 3.75. The van der Waals surface area contributed by atoms with E-state index in [1.165, 1.54) is 12.1 Å². The van der Waals surface area contributed by atoms with Crippen molar-refractivity contribution in [3.63, 3.8) is 0 Å². The maximum Gasteiger partial charge on any atom is 0.146 e. The van der Waals surface area contributed by atoms with Gasteiger partial charge in [-0.05, 0) is 17.7 Å². The van der Waals surface area contributed by atoms with E-state index in [1.54, 1.807) is 6.07 Å². The molecule has 0 fully saturated rings. The van der Waals surface area contributed by atoms with Gasteiger partial charge in [-0.3, -0.25) is 0 Å². The van der Waals surface area contributed by atoms with Crippen LogP contribution in [0.4, 0.5) is 10.1 Å². The molecule has 0 amide bonds. The number of rotatable bonds is 3. The Morgan fingerprint density at radius 1 is 1.31 bits per heavy atom. The van der Waals surface area contributed by atoms with Crippen LogP contribution in [-0.2, 0) is 0 Å². The molecule has 0 aliphatic heterocycles. The molecule has 68 valence electrons. The molecule has 1 aromatic rings. The molecule has 0 aliphatic rings. The van der Waals surface area contributed by atoms with Crippen molar-refractivity contribution in [2.45, 2.75) is 5.92 Å². The lowest BCUT2D eigenvalue weighted by Gasteiger charge is -2.06. The van der Waals surface area contributed by atoms with Gasteiger partial charge < -0.3 is 16.6 Å². The molecule has 3 nitrogen and oxygen atoms in total. The summed E-state index contributed by atoms with van der Waals surface area (Å²) in [6, 6.07) is 4.29. The molecule has 0 heterocycles. The Balaban J connectivity index is 3.08. The molecule has 4 N–H and O–H groups in total. The first-order chi connectivity index (χ1) is 6.19. The van der Waals surface area contributed by atoms with Crippen LogP contribution in [0.2, 0.25) is 0 Å². The van der Waals surface area contributed by atoms with Gasteiger partial charge in [-0.1, -0.05) is 6.07 Å². The lowest BCUT2D eigenvalue weighted by Crippen LogP contribution is -2.02. The third-order valence-corrected chi connectivity index (χ3v) is 1.77. The normalized spacial score (nSPS) is 12.1. The molecular weight excluding hydrogens is 169 g/mol. The van der Waals surface area contributed by atoms with Crippen LogP contribution in [0.1, 0.15) is 11.5 Å². The standard InChI is InChI=1S/C9H10FN3/c10-8-3-6(1-2-9(8)13)7(4-11)5-12/h1-5,7,11-12H,13H2. The van der Waals surface area contributed by atoms with Crippen LogP contribution in [0.15, 0.2) is 18.2 Å². The number of hydrogen-bond acceptors (Lipinski definition) is 3. The summed E-state index contributed by atoms with van der Waals surface area (Å²) in [4.78, 5) is 0. The average Bonchev–Trinajstić information content (AvgIpc) is 2.13. The second kappa shape index (κ2) is 3.80. The van der Waals surface area contributed by atoms with Crippen LogP contribution in [-0.4, -0.2) is 12.4 Å². The van der Waals surface area contributed by atoms with Crippen molar-refractivity contribution in [3.8, 4) is 0 Å². The average molecular weight is 179 g/mol. The van der Waals surface area contributed by atoms with E-state index >= 15 is 0 Å². The van der Waals surface area contributed by atoms with Gasteiger partial charge in [0.1, 0.15) is 5.82 Å². The van der Waals surface area contributed by atoms with Crippen LogP contribution >= 0.6 is 0 Å². The third kappa shape index (κ3) is 1.90. The summed E-state index contributed by atoms with van der Waals surface area (Å²) in [5, 5.41) is 14.0. The highest BCUT2D eigenvalue weighted by Gasteiger charge is 2.07. The Bertz CT molecular complexity index is 328. The van der Waals surface area contributed by atoms with Gasteiger partial charge in [0.05, 0.1) is 11.6 Å². The van der Waals surface area contributed by atoms with Crippen LogP contribution < -0.4 is 5.73 Å². The molecule has 0 saturated heterocycles. The summed E-state index contributed by atoms with van der Waals surface area (Å²) in [7, 11) is 0. The lowest BCUT2D eigenvalue weighted by molar-refractivity contribution is 0.631. The number of hydrogen-bond donors (Lipinski definition) is 3. The zero-order valence-corrected chi connectivity index (χ0v) is 6.92. The highest BCUT2D eigenvalue weighted by atomic mass is 19.1. The molecule has 0 radical (unpaired) electrons. The summed E-state index contributed by atoms with van der Waals surface area (Å²) in [5.41, 5.74) is 5.93. The number of nitrogen functional groups attached to an aromatic ring is 1. The van der Waals surface area contributed by atoms with Crippen molar-refractivity contribution in [3.05, 3.63) is 29.6 Å². The van der Waals surface area contributed by atoms with Gasteiger partial charge in [0, 0.05) is 12.4 Å². The Kier molecular flexibility index (Phi) is 2.74. The smallest absolute Gasteiger partial charge is 0.146 e. The van der Waals surface area contributed by atoms with Crippen molar-refractivity contribution in [1.29, 1.82) is 10.8 Å². The molecule has 0 spiro atoms. The fourth-order valence-corrected chi connectivity index (χ4v) is 0.991. The molecule has 4 heteroatoms. The Morgan fingerprint density at radius 2 is 1.92 bits per heavy atom. The number of anilines is 1. The molecule has 0 bridgehead atoms. The van der Waals surface area contributed by atoms with Gasteiger partial charge in [-0.2, -0.15) is 0 Å². The molecule has 13 heavy (non-hydrogen) atoms. The van der Waals surface area contributed by atoms with Crippen molar-refractivity contribution >= 4 is 18.1 Å². The molecule has 0 aromatic heterocycles. The molecule has 1 rings (SSSR count). The van der Waals surface area contributed by atoms with E-state index in [9.17, 15) is 4.39 Å². The monoisotopic (exact) mass is 179 g/mol. The van der Waals surface area contributed by atoms with Gasteiger partial charge in [0.2, 0.25) is 0 Å². The van der Waals surface area contributed by atoms with E-state index in [2.05, 4.69) is 0 Å². The lowest BCUT2D eigenvalue weighted by atomic mass is 10.0. The third-order valence-electron chi connectivity index (χ3n) is 1.77. The van der Waals surface area contributed by atoms with E-state index in [-0.39, 0.29) is 5.69 Å². The highest BCUT2D eigenvalue weighted by molar-refractivity contribution is 5.87. The van der Waals surface area contributed by atoms with Gasteiger partial charge in [0.25, 0.3) is 0 Å². The summed E-state index contributed by atoms with van der Waals surface area (Å²) in [6.45, 7) is 0. The van der Waals surface area contributed by atoms with Crippen LogP contribution in [0, 0.1) is 16.6 Å². The number of benzene rings is 1. The quantitative estimate of drug-likeness (QED) is 0.480. The van der Waals surface area contributed by atoms with Crippen LogP contribution in [0.25, 0.3) is 0 Å². The zero-order valence-electron chi connectivity index (χ0n) is 6.92. The van der Waals surface area contributed by atoms with Gasteiger partial charge >= 0.3 is 0 Å². The molecule has 0 saturated carbocycles. The van der Waals surface area contributed by atoms with Crippen molar-refractivity contribution < 1.29 is 4.39 Å². The number of halogens is 1. The van der Waals surface area contributed by atoms with Crippen LogP contribution in [0.3, 0.4) is 0 Å². The molecular formula is C9H10FN3. The second-order valence-corrected chi connectivity index (χ2v) is 2.64. The van der Waals surface area contributed by atoms with Gasteiger partial charge in [-0.15, -0.1) is 0 Å². The minimum atomic E-state index is -0.508. The van der Waals surface area contributed by atoms with Crippen LogP contribution in [0.5, 0.6) is 0 Å². The largest absolute Gasteiger partial charge is 0.396 e. The topological polar surface area (TPSA) is 73.7 Å². The van der Waals surface area contributed by atoms with Crippen molar-refractivity contribution in [2.75, 3.05) is 5.73 Å². The van der Waals surface area contributed by atoms with E-state index < -0.39 is 11.7 Å². The maximum absolute atomic E-state index is 12.9. The minimum Gasteiger partial charge on any atom is -0.396 e. The van der Waals surface area contributed by atoms with E-state index in [1.807, 2.05) is 0 Å². The summed E-state index contributed by atoms with van der Waals surface area (Å²) >= 11 is 0. The highest BCUT2D eigenvalue weighted by Crippen LogP contribution is 2.17. The summed E-state index contributed by atoms with van der Waals surface area (Å²) < 4.78 is 12.9. The number of nitrogens with two attached hydrogens (primary N) is 1. The summed E-state index contributed by atoms with van der Waals surface area (Å²) in [5.74, 6) is -0.971. The van der Waals surface area contributed by atoms with E-state index in [0.29, 0.717) is 5.56 Å². The molecule has 0 atom stereocenters. The molecule has 0 unspecified atom stereocenters. The Hall–Kier alpha value is -1.71. The molecule has 1 aromatic carbocycles. The fraction of sp³-hybridized carbons (Fsp3) is 0.111. The first kappa shape index (κ1) is 9.38. The molecule has 0 aliphatic carbocycles. The van der Waals surface area contributed by atoms with Crippen molar-refractivity contribution in [1.82, 2.24) is 0 Å². The predicted octanol–water partition coefficient (Wildman–Crippen LogP) is 1.79. The predicted molar refractivity (Wildman–Crippen MR) is 51.1 cm³/mol. The SMILES string of the molecule is N=CC(C=N)c1ccc(N)c(F)c1. The van der Waals surface area contributed by atoms with Crippen molar-refractivity contribution in [2.24, 2.45) is 0 Å². The van der Waals surface area contributed by atoms with E-state index in [0.717, 1.165) is 12.4 Å².